The van der Waals surface area contributed by atoms with Crippen molar-refractivity contribution in [1.82, 2.24) is 10.2 Å². The molecule has 2 unspecified atom stereocenters. The summed E-state index contributed by atoms with van der Waals surface area (Å²) in [5.74, 6) is -0.263. The third kappa shape index (κ3) is 5.48. The van der Waals surface area contributed by atoms with Gasteiger partial charge in [0.25, 0.3) is 0 Å². The third-order valence-corrected chi connectivity index (χ3v) is 2.97. The number of carbonyl (C=O) groups excluding carboxylic acids is 1. The van der Waals surface area contributed by atoms with Crippen LogP contribution in [0, 0.1) is 0 Å². The predicted molar refractivity (Wildman–Crippen MR) is 65.8 cm³/mol. The monoisotopic (exact) mass is 244 g/mol. The summed E-state index contributed by atoms with van der Waals surface area (Å²) >= 11 is 0. The molecule has 1 fully saturated rings. The molecule has 5 nitrogen and oxygen atoms in total. The number of likely N-dealkylation sites (tertiary alicyclic amines) is 1. The Labute approximate surface area is 103 Å². The molecule has 1 saturated heterocycles. The van der Waals surface area contributed by atoms with Crippen LogP contribution in [0.25, 0.3) is 0 Å². The summed E-state index contributed by atoms with van der Waals surface area (Å²) in [6, 6.07) is -0.358. The molecule has 0 spiro atoms. The van der Waals surface area contributed by atoms with Gasteiger partial charge in [-0.3, -0.25) is 4.79 Å². The van der Waals surface area contributed by atoms with E-state index in [9.17, 15) is 9.90 Å². The van der Waals surface area contributed by atoms with E-state index in [4.69, 9.17) is 4.74 Å². The minimum absolute atomic E-state index is 0.263. The Kier molecular flexibility index (Phi) is 6.47. The first-order valence-electron chi connectivity index (χ1n) is 6.44. The molecule has 0 bridgehead atoms. The van der Waals surface area contributed by atoms with Gasteiger partial charge in [0.15, 0.2) is 0 Å². The number of nitrogens with zero attached hydrogens (tertiary/aromatic N) is 1. The molecule has 0 aromatic heterocycles. The molecule has 2 N–H and O–H groups in total. The number of aliphatic hydroxyl groups is 1. The highest BCUT2D eigenvalue weighted by Gasteiger charge is 2.18. The summed E-state index contributed by atoms with van der Waals surface area (Å²) < 4.78 is 4.88. The molecule has 2 atom stereocenters. The zero-order valence-electron chi connectivity index (χ0n) is 10.8. The van der Waals surface area contributed by atoms with Gasteiger partial charge in [-0.15, -0.1) is 0 Å². The van der Waals surface area contributed by atoms with E-state index in [1.165, 1.54) is 12.8 Å². The number of hydrogen-bond acceptors (Lipinski definition) is 5. The van der Waals surface area contributed by atoms with Crippen LogP contribution in [-0.4, -0.2) is 60.9 Å². The zero-order chi connectivity index (χ0) is 12.7. The number of ether oxygens (including phenoxy) is 1. The van der Waals surface area contributed by atoms with Crippen molar-refractivity contribution in [1.29, 1.82) is 0 Å². The number of rotatable bonds is 7. The number of aliphatic hydroxyl groups excluding tert-OH is 1. The fourth-order valence-corrected chi connectivity index (χ4v) is 1.99. The highest BCUT2D eigenvalue weighted by atomic mass is 16.5. The number of hydrogen-bond donors (Lipinski definition) is 2. The van der Waals surface area contributed by atoms with Crippen molar-refractivity contribution < 1.29 is 14.6 Å². The zero-order valence-corrected chi connectivity index (χ0v) is 10.8. The molecule has 5 heteroatoms. The SMILES string of the molecule is CCOC(=O)C(C)NCC(O)CN1CCCC1. The third-order valence-electron chi connectivity index (χ3n) is 2.97. The average Bonchev–Trinajstić information content (AvgIpc) is 2.79. The van der Waals surface area contributed by atoms with Crippen LogP contribution in [0.15, 0.2) is 0 Å². The largest absolute Gasteiger partial charge is 0.465 e. The van der Waals surface area contributed by atoms with Gasteiger partial charge in [0, 0.05) is 13.1 Å². The Morgan fingerprint density at radius 2 is 2.12 bits per heavy atom. The molecule has 0 amide bonds. The molecule has 100 valence electrons. The first-order valence-corrected chi connectivity index (χ1v) is 6.44. The van der Waals surface area contributed by atoms with Gasteiger partial charge in [-0.1, -0.05) is 0 Å². The second-order valence-electron chi connectivity index (χ2n) is 4.54. The van der Waals surface area contributed by atoms with E-state index >= 15 is 0 Å². The molecule has 0 aromatic carbocycles. The number of β-amino-alcohol motifs (C(OH)–C–C–N with tert-alkyl or cyclic N) is 1. The first kappa shape index (κ1) is 14.4. The van der Waals surface area contributed by atoms with Gasteiger partial charge in [-0.2, -0.15) is 0 Å². The van der Waals surface area contributed by atoms with Crippen LogP contribution in [0.4, 0.5) is 0 Å². The second kappa shape index (κ2) is 7.63. The van der Waals surface area contributed by atoms with Crippen molar-refractivity contribution in [3.05, 3.63) is 0 Å². The maximum atomic E-state index is 11.3. The maximum Gasteiger partial charge on any atom is 0.322 e. The molecule has 1 rings (SSSR count). The van der Waals surface area contributed by atoms with E-state index in [1.54, 1.807) is 13.8 Å². The molecule has 0 radical (unpaired) electrons. The summed E-state index contributed by atoms with van der Waals surface area (Å²) in [5, 5.41) is 12.8. The molecule has 0 aliphatic carbocycles. The Bertz CT molecular complexity index is 230. The lowest BCUT2D eigenvalue weighted by molar-refractivity contribution is -0.145. The van der Waals surface area contributed by atoms with Crippen LogP contribution >= 0.6 is 0 Å². The topological polar surface area (TPSA) is 61.8 Å². The van der Waals surface area contributed by atoms with Crippen LogP contribution < -0.4 is 5.32 Å². The van der Waals surface area contributed by atoms with Crippen molar-refractivity contribution in [3.8, 4) is 0 Å². The van der Waals surface area contributed by atoms with Gasteiger partial charge in [0.2, 0.25) is 0 Å². The molecule has 1 heterocycles. The van der Waals surface area contributed by atoms with Crippen molar-refractivity contribution in [2.75, 3.05) is 32.8 Å². The second-order valence-corrected chi connectivity index (χ2v) is 4.54. The lowest BCUT2D eigenvalue weighted by atomic mass is 10.3. The molecule has 0 aromatic rings. The van der Waals surface area contributed by atoms with Crippen molar-refractivity contribution >= 4 is 5.97 Å². The Morgan fingerprint density at radius 3 is 2.71 bits per heavy atom. The van der Waals surface area contributed by atoms with Gasteiger partial charge in [0.05, 0.1) is 12.7 Å². The van der Waals surface area contributed by atoms with Gasteiger partial charge in [-0.05, 0) is 39.8 Å². The number of carbonyl (C=O) groups is 1. The van der Waals surface area contributed by atoms with Gasteiger partial charge >= 0.3 is 5.97 Å². The van der Waals surface area contributed by atoms with Crippen molar-refractivity contribution in [3.63, 3.8) is 0 Å². The van der Waals surface area contributed by atoms with Crippen LogP contribution in [0.2, 0.25) is 0 Å². The molecule has 0 saturated carbocycles. The fraction of sp³-hybridized carbons (Fsp3) is 0.917. The normalized spacial score (nSPS) is 20.2. The number of esters is 1. The lowest BCUT2D eigenvalue weighted by Gasteiger charge is -2.21. The molecule has 1 aliphatic rings. The van der Waals surface area contributed by atoms with E-state index in [0.717, 1.165) is 13.1 Å². The van der Waals surface area contributed by atoms with E-state index in [-0.39, 0.29) is 12.0 Å². The number of nitrogens with one attached hydrogen (secondary N) is 1. The summed E-state index contributed by atoms with van der Waals surface area (Å²) in [7, 11) is 0. The average molecular weight is 244 g/mol. The van der Waals surface area contributed by atoms with Crippen molar-refractivity contribution in [2.45, 2.75) is 38.8 Å². The highest BCUT2D eigenvalue weighted by Crippen LogP contribution is 2.07. The van der Waals surface area contributed by atoms with Crippen LogP contribution in [0.1, 0.15) is 26.7 Å². The van der Waals surface area contributed by atoms with Crippen LogP contribution in [-0.2, 0) is 9.53 Å². The molecular formula is C12H24N2O3. The van der Waals surface area contributed by atoms with E-state index in [1.807, 2.05) is 0 Å². The smallest absolute Gasteiger partial charge is 0.322 e. The van der Waals surface area contributed by atoms with Gasteiger partial charge in [-0.25, -0.2) is 0 Å². The summed E-state index contributed by atoms with van der Waals surface area (Å²) in [6.07, 6.45) is 2.02. The minimum Gasteiger partial charge on any atom is -0.465 e. The quantitative estimate of drug-likeness (QED) is 0.617. The Balaban J connectivity index is 2.13. The lowest BCUT2D eigenvalue weighted by Crippen LogP contribution is -2.43. The Hall–Kier alpha value is -0.650. The van der Waals surface area contributed by atoms with E-state index in [2.05, 4.69) is 10.2 Å². The van der Waals surface area contributed by atoms with Crippen LogP contribution in [0.3, 0.4) is 0 Å². The van der Waals surface area contributed by atoms with Crippen LogP contribution in [0.5, 0.6) is 0 Å². The van der Waals surface area contributed by atoms with E-state index < -0.39 is 6.10 Å². The van der Waals surface area contributed by atoms with Gasteiger partial charge < -0.3 is 20.1 Å². The summed E-state index contributed by atoms with van der Waals surface area (Å²) in [5.41, 5.74) is 0. The standard InChI is InChI=1S/C12H24N2O3/c1-3-17-12(16)10(2)13-8-11(15)9-14-6-4-5-7-14/h10-11,13,15H,3-9H2,1-2H3. The maximum absolute atomic E-state index is 11.3. The Morgan fingerprint density at radius 1 is 1.47 bits per heavy atom. The predicted octanol–water partition coefficient (Wildman–Crippen LogP) is -0.0157. The van der Waals surface area contributed by atoms with Gasteiger partial charge in [0.1, 0.15) is 6.04 Å². The summed E-state index contributed by atoms with van der Waals surface area (Å²) in [4.78, 5) is 13.6. The molecule has 1 aliphatic heterocycles. The van der Waals surface area contributed by atoms with E-state index in [0.29, 0.717) is 19.7 Å². The summed E-state index contributed by atoms with van der Waals surface area (Å²) in [6.45, 7) is 7.18. The molecule has 17 heavy (non-hydrogen) atoms. The van der Waals surface area contributed by atoms with Crippen molar-refractivity contribution in [2.24, 2.45) is 0 Å². The fourth-order valence-electron chi connectivity index (χ4n) is 1.99. The highest BCUT2D eigenvalue weighted by molar-refractivity contribution is 5.75. The molecular weight excluding hydrogens is 220 g/mol. The minimum atomic E-state index is -0.426. The first-order chi connectivity index (χ1) is 8.13.